The summed E-state index contributed by atoms with van der Waals surface area (Å²) in [4.78, 5) is 10.7. The normalized spacial score (nSPS) is 12.7. The van der Waals surface area contributed by atoms with E-state index in [1.54, 1.807) is 11.6 Å². The summed E-state index contributed by atoms with van der Waals surface area (Å²) in [6.45, 7) is 8.84. The van der Waals surface area contributed by atoms with Crippen LogP contribution in [0.25, 0.3) is 0 Å². The van der Waals surface area contributed by atoms with E-state index in [0.717, 1.165) is 6.42 Å². The fourth-order valence-electron chi connectivity index (χ4n) is 1.79. The number of aryl methyl sites for hydroxylation is 2. The van der Waals surface area contributed by atoms with Crippen LogP contribution in [-0.2, 0) is 6.54 Å². The topological polar surface area (TPSA) is 99.0 Å². The number of nitrogens with two attached hydrogens (primary N) is 1. The second kappa shape index (κ2) is 6.51. The van der Waals surface area contributed by atoms with Gasteiger partial charge in [0.25, 0.3) is 0 Å². The smallest absolute Gasteiger partial charge is 0.333 e. The maximum Gasteiger partial charge on any atom is 0.333 e. The van der Waals surface area contributed by atoms with Gasteiger partial charge in [-0.3, -0.25) is 10.1 Å². The van der Waals surface area contributed by atoms with E-state index in [2.05, 4.69) is 10.4 Å². The number of nitro groups is 1. The summed E-state index contributed by atoms with van der Waals surface area (Å²) in [5.41, 5.74) is 6.43. The van der Waals surface area contributed by atoms with Crippen molar-refractivity contribution >= 4 is 11.5 Å². The second-order valence-electron chi connectivity index (χ2n) is 5.05. The van der Waals surface area contributed by atoms with Crippen molar-refractivity contribution in [1.82, 2.24) is 9.78 Å². The molecule has 7 nitrogen and oxygen atoms in total. The van der Waals surface area contributed by atoms with Gasteiger partial charge in [0.2, 0.25) is 5.82 Å². The van der Waals surface area contributed by atoms with E-state index >= 15 is 0 Å². The standard InChI is InChI=1S/C12H23N5O2/c1-5-6-16-12(14-7-10(13)8(2)3)11(17(18)19)9(4)15-16/h8,10,14H,5-7,13H2,1-4H3. The molecule has 0 radical (unpaired) electrons. The van der Waals surface area contributed by atoms with Crippen LogP contribution in [0.4, 0.5) is 11.5 Å². The Morgan fingerprint density at radius 3 is 2.63 bits per heavy atom. The molecule has 0 aliphatic heterocycles. The monoisotopic (exact) mass is 269 g/mol. The van der Waals surface area contributed by atoms with Crippen molar-refractivity contribution in [1.29, 1.82) is 0 Å². The summed E-state index contributed by atoms with van der Waals surface area (Å²) in [6.07, 6.45) is 0.864. The molecule has 0 saturated carbocycles. The zero-order valence-electron chi connectivity index (χ0n) is 12.0. The zero-order chi connectivity index (χ0) is 14.6. The predicted molar refractivity (Wildman–Crippen MR) is 75.2 cm³/mol. The fraction of sp³-hybridized carbons (Fsp3) is 0.750. The molecule has 1 unspecified atom stereocenters. The van der Waals surface area contributed by atoms with Crippen molar-refractivity contribution in [3.05, 3.63) is 15.8 Å². The maximum absolute atomic E-state index is 11.1. The van der Waals surface area contributed by atoms with Crippen molar-refractivity contribution < 1.29 is 4.92 Å². The highest BCUT2D eigenvalue weighted by atomic mass is 16.6. The molecule has 0 fully saturated rings. The van der Waals surface area contributed by atoms with Gasteiger partial charge in [-0.2, -0.15) is 5.10 Å². The molecule has 0 saturated heterocycles. The molecule has 3 N–H and O–H groups in total. The van der Waals surface area contributed by atoms with Crippen LogP contribution in [0.5, 0.6) is 0 Å². The molecular weight excluding hydrogens is 246 g/mol. The molecular formula is C12H23N5O2. The van der Waals surface area contributed by atoms with Crippen molar-refractivity contribution in [2.45, 2.75) is 46.7 Å². The summed E-state index contributed by atoms with van der Waals surface area (Å²) < 4.78 is 1.65. The zero-order valence-corrected chi connectivity index (χ0v) is 12.0. The first kappa shape index (κ1) is 15.4. The SMILES string of the molecule is CCCn1nc(C)c([N+](=O)[O-])c1NCC(N)C(C)C. The quantitative estimate of drug-likeness (QED) is 0.582. The van der Waals surface area contributed by atoms with Gasteiger partial charge in [0.05, 0.1) is 4.92 Å². The Hall–Kier alpha value is -1.63. The van der Waals surface area contributed by atoms with Crippen LogP contribution in [0.3, 0.4) is 0 Å². The highest BCUT2D eigenvalue weighted by Gasteiger charge is 2.25. The van der Waals surface area contributed by atoms with Gasteiger partial charge in [-0.15, -0.1) is 0 Å². The van der Waals surface area contributed by atoms with E-state index in [1.807, 2.05) is 20.8 Å². The van der Waals surface area contributed by atoms with Gasteiger partial charge in [-0.05, 0) is 19.3 Å². The van der Waals surface area contributed by atoms with Crippen LogP contribution >= 0.6 is 0 Å². The molecule has 0 aliphatic carbocycles. The lowest BCUT2D eigenvalue weighted by molar-refractivity contribution is -0.384. The number of nitrogens with one attached hydrogen (secondary N) is 1. The molecule has 19 heavy (non-hydrogen) atoms. The lowest BCUT2D eigenvalue weighted by Crippen LogP contribution is -2.34. The largest absolute Gasteiger partial charge is 0.363 e. The van der Waals surface area contributed by atoms with Crippen molar-refractivity contribution in [3.63, 3.8) is 0 Å². The highest BCUT2D eigenvalue weighted by Crippen LogP contribution is 2.28. The first-order chi connectivity index (χ1) is 8.88. The Balaban J connectivity index is 2.98. The van der Waals surface area contributed by atoms with Crippen LogP contribution in [0.15, 0.2) is 0 Å². The Kier molecular flexibility index (Phi) is 5.29. The fourth-order valence-corrected chi connectivity index (χ4v) is 1.79. The summed E-state index contributed by atoms with van der Waals surface area (Å²) in [6, 6.07) is -0.0510. The van der Waals surface area contributed by atoms with E-state index in [1.165, 1.54) is 0 Å². The number of rotatable bonds is 7. The third kappa shape index (κ3) is 3.66. The molecule has 1 aromatic rings. The third-order valence-corrected chi connectivity index (χ3v) is 3.08. The lowest BCUT2D eigenvalue weighted by atomic mass is 10.1. The van der Waals surface area contributed by atoms with E-state index in [9.17, 15) is 10.1 Å². The third-order valence-electron chi connectivity index (χ3n) is 3.08. The molecule has 1 rings (SSSR count). The van der Waals surface area contributed by atoms with Gasteiger partial charge in [-0.25, -0.2) is 4.68 Å². The predicted octanol–water partition coefficient (Wildman–Crippen LogP) is 1.90. The molecule has 0 aromatic carbocycles. The van der Waals surface area contributed by atoms with Crippen LogP contribution < -0.4 is 11.1 Å². The Labute approximate surface area is 113 Å². The van der Waals surface area contributed by atoms with Crippen LogP contribution in [0, 0.1) is 23.0 Å². The van der Waals surface area contributed by atoms with Crippen LogP contribution in [-0.4, -0.2) is 27.3 Å². The lowest BCUT2D eigenvalue weighted by Gasteiger charge is -2.17. The first-order valence-corrected chi connectivity index (χ1v) is 6.59. The van der Waals surface area contributed by atoms with E-state index < -0.39 is 4.92 Å². The van der Waals surface area contributed by atoms with Crippen molar-refractivity contribution in [2.24, 2.45) is 11.7 Å². The van der Waals surface area contributed by atoms with Crippen molar-refractivity contribution in [2.75, 3.05) is 11.9 Å². The van der Waals surface area contributed by atoms with Gasteiger partial charge < -0.3 is 11.1 Å². The second-order valence-corrected chi connectivity index (χ2v) is 5.05. The van der Waals surface area contributed by atoms with E-state index in [0.29, 0.717) is 30.5 Å². The highest BCUT2D eigenvalue weighted by molar-refractivity contribution is 5.59. The number of aromatic nitrogens is 2. The molecule has 0 amide bonds. The van der Waals surface area contributed by atoms with Gasteiger partial charge in [-0.1, -0.05) is 20.8 Å². The summed E-state index contributed by atoms with van der Waals surface area (Å²) in [5, 5.41) is 18.4. The van der Waals surface area contributed by atoms with Crippen molar-refractivity contribution in [3.8, 4) is 0 Å². The minimum atomic E-state index is -0.391. The summed E-state index contributed by atoms with van der Waals surface area (Å²) >= 11 is 0. The molecule has 108 valence electrons. The molecule has 7 heteroatoms. The maximum atomic E-state index is 11.1. The van der Waals surface area contributed by atoms with E-state index in [-0.39, 0.29) is 11.7 Å². The summed E-state index contributed by atoms with van der Waals surface area (Å²) in [5.74, 6) is 0.774. The van der Waals surface area contributed by atoms with Gasteiger partial charge >= 0.3 is 5.69 Å². The molecule has 0 aliphatic rings. The Bertz CT molecular complexity index is 442. The summed E-state index contributed by atoms with van der Waals surface area (Å²) in [7, 11) is 0. The number of anilines is 1. The minimum absolute atomic E-state index is 0.0457. The van der Waals surface area contributed by atoms with Gasteiger partial charge in [0, 0.05) is 19.1 Å². The minimum Gasteiger partial charge on any atom is -0.363 e. The number of hydrogen-bond donors (Lipinski definition) is 2. The Morgan fingerprint density at radius 1 is 1.53 bits per heavy atom. The molecule has 0 spiro atoms. The van der Waals surface area contributed by atoms with Crippen LogP contribution in [0.2, 0.25) is 0 Å². The molecule has 1 aromatic heterocycles. The molecule has 1 heterocycles. The van der Waals surface area contributed by atoms with Gasteiger partial charge in [0.15, 0.2) is 0 Å². The first-order valence-electron chi connectivity index (χ1n) is 6.59. The average Bonchev–Trinajstić information content (AvgIpc) is 2.62. The van der Waals surface area contributed by atoms with E-state index in [4.69, 9.17) is 5.73 Å². The molecule has 0 bridgehead atoms. The number of hydrogen-bond acceptors (Lipinski definition) is 5. The average molecular weight is 269 g/mol. The Morgan fingerprint density at radius 2 is 2.16 bits per heavy atom. The molecule has 1 atom stereocenters. The number of nitrogens with zero attached hydrogens (tertiary/aromatic N) is 3. The van der Waals surface area contributed by atoms with Crippen LogP contribution in [0.1, 0.15) is 32.9 Å². The van der Waals surface area contributed by atoms with Gasteiger partial charge in [0.1, 0.15) is 5.69 Å².